The number of rotatable bonds is 5. The van der Waals surface area contributed by atoms with Crippen molar-refractivity contribution in [3.8, 4) is 17.6 Å². The predicted molar refractivity (Wildman–Crippen MR) is 101 cm³/mol. The summed E-state index contributed by atoms with van der Waals surface area (Å²) in [5.41, 5.74) is -0.512. The average Bonchev–Trinajstić information content (AvgIpc) is 2.73. The van der Waals surface area contributed by atoms with Crippen molar-refractivity contribution < 1.29 is 27.0 Å². The van der Waals surface area contributed by atoms with Crippen molar-refractivity contribution in [1.82, 2.24) is 4.90 Å². The molecule has 0 N–H and O–H groups in total. The summed E-state index contributed by atoms with van der Waals surface area (Å²) in [4.78, 5) is 1.98. The van der Waals surface area contributed by atoms with Crippen LogP contribution in [0.2, 0.25) is 0 Å². The van der Waals surface area contributed by atoms with Gasteiger partial charge in [0.1, 0.15) is 5.75 Å². The van der Waals surface area contributed by atoms with Gasteiger partial charge in [0.25, 0.3) is 0 Å². The minimum atomic E-state index is -1.63. The zero-order valence-corrected chi connectivity index (χ0v) is 15.9. The first kappa shape index (κ1) is 22.7. The quantitative estimate of drug-likeness (QED) is 0.512. The maximum absolute atomic E-state index is 14.3. The van der Waals surface area contributed by atoms with Crippen LogP contribution in [-0.4, -0.2) is 37.7 Å². The van der Waals surface area contributed by atoms with Gasteiger partial charge in [0.2, 0.25) is 17.4 Å². The Labute approximate surface area is 171 Å². The molecule has 1 saturated heterocycles. The highest BCUT2D eigenvalue weighted by Crippen LogP contribution is 2.34. The first-order valence-electron chi connectivity index (χ1n) is 8.52. The second kappa shape index (κ2) is 10.3. The number of hydrogen-bond donors (Lipinski definition) is 0. The lowest BCUT2D eigenvalue weighted by Gasteiger charge is -2.25. The van der Waals surface area contributed by atoms with Crippen LogP contribution in [0.3, 0.4) is 0 Å². The van der Waals surface area contributed by atoms with Gasteiger partial charge in [-0.3, -0.25) is 4.90 Å². The SMILES string of the molecule is Cl.N#Cc1ccc(Oc2c(F)c(F)c(C=CCN3CCOCC3)c(F)c2F)cc1. The van der Waals surface area contributed by atoms with E-state index in [-0.39, 0.29) is 18.2 Å². The second-order valence-corrected chi connectivity index (χ2v) is 6.05. The van der Waals surface area contributed by atoms with Crippen molar-refractivity contribution in [2.24, 2.45) is 0 Å². The van der Waals surface area contributed by atoms with Crippen LogP contribution in [0.5, 0.6) is 11.5 Å². The first-order valence-corrected chi connectivity index (χ1v) is 8.52. The fraction of sp³-hybridized carbons (Fsp3) is 0.250. The average molecular weight is 429 g/mol. The molecule has 0 aliphatic carbocycles. The Bertz CT molecular complexity index is 895. The van der Waals surface area contributed by atoms with Crippen LogP contribution in [-0.2, 0) is 4.74 Å². The Balaban J connectivity index is 0.00000300. The number of halogens is 5. The molecule has 2 aromatic carbocycles. The zero-order valence-electron chi connectivity index (χ0n) is 15.1. The van der Waals surface area contributed by atoms with Gasteiger partial charge in [-0.2, -0.15) is 14.0 Å². The van der Waals surface area contributed by atoms with Gasteiger partial charge in [-0.15, -0.1) is 12.4 Å². The molecule has 0 radical (unpaired) electrons. The third kappa shape index (κ3) is 5.26. The van der Waals surface area contributed by atoms with Gasteiger partial charge in [0.05, 0.1) is 30.4 Å². The molecule has 29 heavy (non-hydrogen) atoms. The summed E-state index contributed by atoms with van der Waals surface area (Å²) >= 11 is 0. The minimum absolute atomic E-state index is 0. The maximum Gasteiger partial charge on any atom is 0.205 e. The molecule has 9 heteroatoms. The van der Waals surface area contributed by atoms with Crippen molar-refractivity contribution in [2.75, 3.05) is 32.8 Å². The molecular formula is C20H17ClF4N2O2. The van der Waals surface area contributed by atoms with Crippen LogP contribution in [0, 0.1) is 34.6 Å². The van der Waals surface area contributed by atoms with Gasteiger partial charge in [0.15, 0.2) is 11.6 Å². The molecule has 0 unspecified atom stereocenters. The Kier molecular flexibility index (Phi) is 8.02. The Morgan fingerprint density at radius 2 is 1.59 bits per heavy atom. The van der Waals surface area contributed by atoms with Crippen LogP contribution >= 0.6 is 12.4 Å². The molecule has 0 bridgehead atoms. The number of morpholine rings is 1. The van der Waals surface area contributed by atoms with Crippen molar-refractivity contribution in [3.63, 3.8) is 0 Å². The van der Waals surface area contributed by atoms with Crippen molar-refractivity contribution in [2.45, 2.75) is 0 Å². The van der Waals surface area contributed by atoms with E-state index in [1.807, 2.05) is 11.0 Å². The minimum Gasteiger partial charge on any atom is -0.451 e. The highest BCUT2D eigenvalue weighted by Gasteiger charge is 2.26. The van der Waals surface area contributed by atoms with E-state index < -0.39 is 34.6 Å². The largest absolute Gasteiger partial charge is 0.451 e. The Hall–Kier alpha value is -2.60. The van der Waals surface area contributed by atoms with E-state index >= 15 is 0 Å². The predicted octanol–water partition coefficient (Wildman–Crippen LogP) is 4.67. The summed E-state index contributed by atoms with van der Waals surface area (Å²) in [6.45, 7) is 2.81. The van der Waals surface area contributed by atoms with Gasteiger partial charge in [-0.05, 0) is 24.3 Å². The lowest BCUT2D eigenvalue weighted by Crippen LogP contribution is -2.36. The van der Waals surface area contributed by atoms with E-state index in [4.69, 9.17) is 14.7 Å². The summed E-state index contributed by atoms with van der Waals surface area (Å²) in [6.07, 6.45) is 2.45. The summed E-state index contributed by atoms with van der Waals surface area (Å²) < 4.78 is 67.4. The normalized spacial score (nSPS) is 14.4. The molecule has 0 aromatic heterocycles. The van der Waals surface area contributed by atoms with E-state index in [1.54, 1.807) is 0 Å². The smallest absolute Gasteiger partial charge is 0.205 e. The molecule has 0 saturated carbocycles. The van der Waals surface area contributed by atoms with Crippen LogP contribution < -0.4 is 4.74 Å². The maximum atomic E-state index is 14.3. The van der Waals surface area contributed by atoms with Gasteiger partial charge in [-0.1, -0.05) is 12.2 Å². The molecule has 1 fully saturated rings. The lowest BCUT2D eigenvalue weighted by atomic mass is 10.1. The molecule has 0 atom stereocenters. The highest BCUT2D eigenvalue weighted by atomic mass is 35.5. The van der Waals surface area contributed by atoms with E-state index in [9.17, 15) is 17.6 Å². The second-order valence-electron chi connectivity index (χ2n) is 6.05. The van der Waals surface area contributed by atoms with Gasteiger partial charge >= 0.3 is 0 Å². The van der Waals surface area contributed by atoms with Gasteiger partial charge in [-0.25, -0.2) is 8.78 Å². The lowest BCUT2D eigenvalue weighted by molar-refractivity contribution is 0.0435. The van der Waals surface area contributed by atoms with Crippen LogP contribution in [0.4, 0.5) is 17.6 Å². The van der Waals surface area contributed by atoms with E-state index in [2.05, 4.69) is 0 Å². The van der Waals surface area contributed by atoms with Gasteiger partial charge in [0, 0.05) is 19.6 Å². The topological polar surface area (TPSA) is 45.5 Å². The fourth-order valence-electron chi connectivity index (χ4n) is 2.68. The van der Waals surface area contributed by atoms with Crippen molar-refractivity contribution in [1.29, 1.82) is 5.26 Å². The first-order chi connectivity index (χ1) is 13.5. The number of ether oxygens (including phenoxy) is 2. The zero-order chi connectivity index (χ0) is 20.1. The van der Waals surface area contributed by atoms with Crippen molar-refractivity contribution in [3.05, 3.63) is 64.7 Å². The summed E-state index contributed by atoms with van der Waals surface area (Å²) in [6, 6.07) is 7.10. The summed E-state index contributed by atoms with van der Waals surface area (Å²) in [5, 5.41) is 8.74. The summed E-state index contributed by atoms with van der Waals surface area (Å²) in [5.74, 6) is -7.58. The molecule has 0 amide bonds. The number of benzene rings is 2. The molecule has 4 nitrogen and oxygen atoms in total. The molecule has 0 spiro atoms. The number of nitrogens with zero attached hydrogens (tertiary/aromatic N) is 2. The molecule has 2 aromatic rings. The molecular weight excluding hydrogens is 412 g/mol. The molecule has 3 rings (SSSR count). The Morgan fingerprint density at radius 3 is 2.14 bits per heavy atom. The van der Waals surface area contributed by atoms with E-state index in [0.717, 1.165) is 6.08 Å². The third-order valence-corrected chi connectivity index (χ3v) is 4.21. The molecule has 1 aliphatic heterocycles. The van der Waals surface area contributed by atoms with E-state index in [0.29, 0.717) is 38.4 Å². The highest BCUT2D eigenvalue weighted by molar-refractivity contribution is 5.85. The monoisotopic (exact) mass is 428 g/mol. The van der Waals surface area contributed by atoms with Crippen LogP contribution in [0.1, 0.15) is 11.1 Å². The molecule has 154 valence electrons. The third-order valence-electron chi connectivity index (χ3n) is 4.21. The van der Waals surface area contributed by atoms with Crippen molar-refractivity contribution >= 4 is 18.5 Å². The van der Waals surface area contributed by atoms with E-state index in [1.165, 1.54) is 30.3 Å². The molecule has 1 heterocycles. The standard InChI is InChI=1S/C20H16F4N2O2.ClH/c21-16-15(2-1-7-26-8-10-27-11-9-26)17(22)19(24)20(18(16)23)28-14-5-3-13(12-25)4-6-14;/h1-6H,7-11H2;1H. The van der Waals surface area contributed by atoms with Gasteiger partial charge < -0.3 is 9.47 Å². The number of nitriles is 1. The van der Waals surface area contributed by atoms with Crippen LogP contribution in [0.15, 0.2) is 30.3 Å². The van der Waals surface area contributed by atoms with Crippen LogP contribution in [0.25, 0.3) is 6.08 Å². The fourth-order valence-corrected chi connectivity index (χ4v) is 2.68. The number of hydrogen-bond acceptors (Lipinski definition) is 4. The Morgan fingerprint density at radius 1 is 1.00 bits per heavy atom. The molecule has 1 aliphatic rings. The summed E-state index contributed by atoms with van der Waals surface area (Å²) in [7, 11) is 0.